The number of hydrogen-bond acceptors (Lipinski definition) is 4. The van der Waals surface area contributed by atoms with Crippen LogP contribution in [0.2, 0.25) is 10.0 Å². The Labute approximate surface area is 198 Å². The van der Waals surface area contributed by atoms with Crippen LogP contribution in [0.1, 0.15) is 52.4 Å². The molecule has 0 saturated heterocycles. The Morgan fingerprint density at radius 3 is 2.38 bits per heavy atom. The van der Waals surface area contributed by atoms with Crippen molar-refractivity contribution in [3.63, 3.8) is 0 Å². The minimum Gasteiger partial charge on any atom is -0.369 e. The monoisotopic (exact) mass is 501 g/mol. The predicted molar refractivity (Wildman–Crippen MR) is 123 cm³/mol. The first-order chi connectivity index (χ1) is 14.8. The van der Waals surface area contributed by atoms with E-state index in [0.29, 0.717) is 5.92 Å². The Bertz CT molecular complexity index is 1040. The molecule has 4 saturated carbocycles. The number of amides is 2. The van der Waals surface area contributed by atoms with E-state index in [-0.39, 0.29) is 51.1 Å². The molecule has 5 rings (SSSR count). The second-order valence-electron chi connectivity index (χ2n) is 10.4. The van der Waals surface area contributed by atoms with Gasteiger partial charge in [0.05, 0.1) is 10.0 Å². The van der Waals surface area contributed by atoms with Crippen molar-refractivity contribution < 1.29 is 18.0 Å². The lowest BCUT2D eigenvalue weighted by Gasteiger charge is -2.58. The molecule has 7 nitrogen and oxygen atoms in total. The van der Waals surface area contributed by atoms with Gasteiger partial charge in [-0.1, -0.05) is 29.3 Å². The van der Waals surface area contributed by atoms with Crippen LogP contribution < -0.4 is 15.8 Å². The van der Waals surface area contributed by atoms with Crippen molar-refractivity contribution in [2.75, 3.05) is 0 Å². The number of rotatable bonds is 7. The zero-order chi connectivity index (χ0) is 23.5. The topological polar surface area (TPSA) is 118 Å². The van der Waals surface area contributed by atoms with Crippen LogP contribution in [0, 0.1) is 23.2 Å². The van der Waals surface area contributed by atoms with Crippen molar-refractivity contribution in [3.05, 3.63) is 28.2 Å². The van der Waals surface area contributed by atoms with Gasteiger partial charge in [-0.05, 0) is 75.8 Å². The summed E-state index contributed by atoms with van der Waals surface area (Å²) < 4.78 is 28.3. The summed E-state index contributed by atoms with van der Waals surface area (Å²) in [5, 5.41) is 3.23. The van der Waals surface area contributed by atoms with Crippen LogP contribution in [0.5, 0.6) is 0 Å². The number of carbonyl (C=O) groups excluding carboxylic acids is 2. The van der Waals surface area contributed by atoms with Crippen LogP contribution >= 0.6 is 23.2 Å². The summed E-state index contributed by atoms with van der Waals surface area (Å²) in [6, 6.07) is 4.39. The summed E-state index contributed by atoms with van der Waals surface area (Å²) in [5.41, 5.74) is 4.28. The first-order valence-corrected chi connectivity index (χ1v) is 13.1. The van der Waals surface area contributed by atoms with Crippen molar-refractivity contribution in [2.45, 2.75) is 68.8 Å². The number of hydrogen-bond donors (Lipinski definition) is 3. The van der Waals surface area contributed by atoms with Crippen LogP contribution in [-0.4, -0.2) is 31.8 Å². The lowest BCUT2D eigenvalue weighted by Crippen LogP contribution is -2.62. The Morgan fingerprint density at radius 2 is 1.78 bits per heavy atom. The largest absolute Gasteiger partial charge is 0.369 e. The SMILES string of the molecule is CC(C)(CC(=O)NC1C2CC3CC1CC(C(N)=O)(C3)C2)NS(=O)(=O)c1cccc(Cl)c1Cl. The fourth-order valence-corrected chi connectivity index (χ4v) is 8.52. The molecule has 176 valence electrons. The molecule has 2 atom stereocenters. The molecule has 32 heavy (non-hydrogen) atoms. The second kappa shape index (κ2) is 8.15. The number of nitrogens with one attached hydrogen (secondary N) is 2. The van der Waals surface area contributed by atoms with Crippen molar-refractivity contribution in [1.29, 1.82) is 0 Å². The molecule has 0 radical (unpaired) electrons. The molecule has 2 amide bonds. The molecule has 0 heterocycles. The molecule has 0 spiro atoms. The minimum absolute atomic E-state index is 0.00121. The number of benzene rings is 1. The lowest BCUT2D eigenvalue weighted by atomic mass is 9.47. The molecular formula is C22H29Cl2N3O4S. The lowest BCUT2D eigenvalue weighted by molar-refractivity contribution is -0.147. The van der Waals surface area contributed by atoms with E-state index in [1.807, 2.05) is 0 Å². The highest BCUT2D eigenvalue weighted by Gasteiger charge is 2.58. The molecule has 4 fully saturated rings. The first-order valence-electron chi connectivity index (χ1n) is 10.9. The standard InChI is InChI=1S/C22H29Cl2N3O4S/c1-21(2,27-32(30,31)16-5-3-4-15(23)18(16)24)11-17(28)26-19-13-6-12-7-14(19)10-22(8-12,9-13)20(25)29/h3-5,12-14,19,27H,6-11H2,1-2H3,(H2,25,29)(H,26,28). The maximum absolute atomic E-state index is 12.9. The Balaban J connectivity index is 1.42. The van der Waals surface area contributed by atoms with E-state index in [4.69, 9.17) is 28.9 Å². The predicted octanol–water partition coefficient (Wildman–Crippen LogP) is 3.24. The average Bonchev–Trinajstić information content (AvgIpc) is 2.64. The van der Waals surface area contributed by atoms with Gasteiger partial charge in [-0.15, -0.1) is 0 Å². The Kier molecular flexibility index (Phi) is 6.06. The third-order valence-corrected chi connectivity index (χ3v) is 10.0. The summed E-state index contributed by atoms with van der Waals surface area (Å²) >= 11 is 12.0. The third kappa shape index (κ3) is 4.39. The molecule has 4 bridgehead atoms. The fourth-order valence-electron chi connectivity index (χ4n) is 6.35. The number of nitrogens with two attached hydrogens (primary N) is 1. The molecule has 2 unspecified atom stereocenters. The maximum atomic E-state index is 12.9. The van der Waals surface area contributed by atoms with Crippen LogP contribution in [0.3, 0.4) is 0 Å². The van der Waals surface area contributed by atoms with E-state index >= 15 is 0 Å². The molecule has 0 aliphatic heterocycles. The number of carbonyl (C=O) groups is 2. The van der Waals surface area contributed by atoms with Gasteiger partial charge in [0.15, 0.2) is 0 Å². The van der Waals surface area contributed by atoms with Gasteiger partial charge in [-0.3, -0.25) is 9.59 Å². The molecule has 10 heteroatoms. The third-order valence-electron chi connectivity index (χ3n) is 7.34. The van der Waals surface area contributed by atoms with Crippen molar-refractivity contribution in [2.24, 2.45) is 28.9 Å². The van der Waals surface area contributed by atoms with Crippen LogP contribution in [0.4, 0.5) is 0 Å². The summed E-state index contributed by atoms with van der Waals surface area (Å²) in [6.07, 6.45) is 4.29. The summed E-state index contributed by atoms with van der Waals surface area (Å²) in [7, 11) is -3.98. The van der Waals surface area contributed by atoms with Crippen molar-refractivity contribution >= 4 is 45.0 Å². The van der Waals surface area contributed by atoms with Gasteiger partial charge in [-0.2, -0.15) is 0 Å². The van der Waals surface area contributed by atoms with Crippen molar-refractivity contribution in [3.8, 4) is 0 Å². The minimum atomic E-state index is -3.98. The van der Waals surface area contributed by atoms with Crippen LogP contribution in [0.25, 0.3) is 0 Å². The van der Waals surface area contributed by atoms with Crippen LogP contribution in [0.15, 0.2) is 23.1 Å². The highest BCUT2D eigenvalue weighted by atomic mass is 35.5. The first kappa shape index (κ1) is 23.8. The molecule has 1 aromatic rings. The molecule has 4 aliphatic rings. The quantitative estimate of drug-likeness (QED) is 0.531. The van der Waals surface area contributed by atoms with Gasteiger partial charge >= 0.3 is 0 Å². The average molecular weight is 502 g/mol. The van der Waals surface area contributed by atoms with Gasteiger partial charge in [0.1, 0.15) is 4.90 Å². The zero-order valence-corrected chi connectivity index (χ0v) is 20.5. The molecule has 4 aliphatic carbocycles. The summed E-state index contributed by atoms with van der Waals surface area (Å²) in [6.45, 7) is 3.31. The van der Waals surface area contributed by atoms with Gasteiger partial charge < -0.3 is 11.1 Å². The highest BCUT2D eigenvalue weighted by Crippen LogP contribution is 2.59. The Morgan fingerprint density at radius 1 is 1.16 bits per heavy atom. The molecule has 0 aromatic heterocycles. The van der Waals surface area contributed by atoms with Gasteiger partial charge in [-0.25, -0.2) is 13.1 Å². The normalized spacial score (nSPS) is 31.5. The smallest absolute Gasteiger partial charge is 0.242 e. The van der Waals surface area contributed by atoms with E-state index in [0.717, 1.165) is 32.1 Å². The van der Waals surface area contributed by atoms with Gasteiger partial charge in [0, 0.05) is 23.4 Å². The highest BCUT2D eigenvalue weighted by molar-refractivity contribution is 7.89. The fraction of sp³-hybridized carbons (Fsp3) is 0.636. The van der Waals surface area contributed by atoms with E-state index < -0.39 is 21.0 Å². The van der Waals surface area contributed by atoms with Gasteiger partial charge in [0.25, 0.3) is 0 Å². The second-order valence-corrected chi connectivity index (χ2v) is 12.9. The van der Waals surface area contributed by atoms with E-state index in [9.17, 15) is 18.0 Å². The molecular weight excluding hydrogens is 473 g/mol. The molecule has 1 aromatic carbocycles. The maximum Gasteiger partial charge on any atom is 0.242 e. The molecule has 4 N–H and O–H groups in total. The van der Waals surface area contributed by atoms with Crippen LogP contribution in [-0.2, 0) is 19.6 Å². The zero-order valence-electron chi connectivity index (χ0n) is 18.2. The number of primary amides is 1. The number of sulfonamides is 1. The summed E-state index contributed by atoms with van der Waals surface area (Å²) in [5.74, 6) is 0.543. The number of halogens is 2. The van der Waals surface area contributed by atoms with Gasteiger partial charge in [0.2, 0.25) is 21.8 Å². The van der Waals surface area contributed by atoms with E-state index in [1.165, 1.54) is 18.2 Å². The Hall–Kier alpha value is -1.35. The summed E-state index contributed by atoms with van der Waals surface area (Å²) in [4.78, 5) is 24.9. The van der Waals surface area contributed by atoms with E-state index in [2.05, 4.69) is 10.0 Å². The van der Waals surface area contributed by atoms with Crippen molar-refractivity contribution in [1.82, 2.24) is 10.0 Å². The van der Waals surface area contributed by atoms with E-state index in [1.54, 1.807) is 13.8 Å².